The van der Waals surface area contributed by atoms with Crippen molar-refractivity contribution >= 4 is 49.8 Å². The second kappa shape index (κ2) is 19.8. The van der Waals surface area contributed by atoms with Crippen molar-refractivity contribution in [2.45, 2.75) is 66.2 Å². The van der Waals surface area contributed by atoms with Crippen LogP contribution in [-0.2, 0) is 0 Å². The highest BCUT2D eigenvalue weighted by Crippen LogP contribution is 2.52. The Morgan fingerprint density at radius 1 is 0.526 bits per heavy atom. The van der Waals surface area contributed by atoms with E-state index in [9.17, 15) is 0 Å². The summed E-state index contributed by atoms with van der Waals surface area (Å²) < 4.78 is 0. The molecular formula is C15H36Br2P2. The molecule has 0 spiro atoms. The Hall–Kier alpha value is 1.82. The molecule has 0 rings (SSSR count). The van der Waals surface area contributed by atoms with Gasteiger partial charge in [0.15, 0.2) is 0 Å². The van der Waals surface area contributed by atoms with E-state index in [0.717, 1.165) is 0 Å². The van der Waals surface area contributed by atoms with Crippen molar-refractivity contribution in [3.05, 3.63) is 0 Å². The summed E-state index contributed by atoms with van der Waals surface area (Å²) in [4.78, 5) is 0. The minimum Gasteiger partial charge on any atom is -0.114 e. The van der Waals surface area contributed by atoms with E-state index in [2.05, 4.69) is 27.7 Å². The lowest BCUT2D eigenvalue weighted by atomic mass is 10.4. The highest BCUT2D eigenvalue weighted by molar-refractivity contribution is 8.93. The summed E-state index contributed by atoms with van der Waals surface area (Å²) in [6.45, 7) is 9.42. The molecule has 0 nitrogen and oxygen atoms in total. The number of hydrogen-bond donors (Lipinski definition) is 0. The van der Waals surface area contributed by atoms with Crippen molar-refractivity contribution in [1.29, 1.82) is 0 Å². The fraction of sp³-hybridized carbons (Fsp3) is 1.00. The van der Waals surface area contributed by atoms with Crippen LogP contribution in [0.1, 0.15) is 66.2 Å². The third kappa shape index (κ3) is 16.0. The molecule has 0 aromatic heterocycles. The molecule has 0 saturated heterocycles. The molecule has 0 aliphatic carbocycles. The first kappa shape index (κ1) is 25.8. The van der Waals surface area contributed by atoms with Crippen LogP contribution in [0.4, 0.5) is 0 Å². The number of rotatable bonds is 12. The molecule has 0 aromatic carbocycles. The second-order valence-electron chi connectivity index (χ2n) is 5.08. The van der Waals surface area contributed by atoms with Crippen molar-refractivity contribution in [1.82, 2.24) is 0 Å². The van der Waals surface area contributed by atoms with Gasteiger partial charge in [0.25, 0.3) is 0 Å². The Bertz CT molecular complexity index is 141. The standard InChI is InChI=1S/C15H34P2.2BrH/c1-5-9-13-16(11-7-3)15-17(12-8-4)14-10-6-2;;/h5-15H2,1-4H3;2*1H. The van der Waals surface area contributed by atoms with Crippen molar-refractivity contribution < 1.29 is 0 Å². The number of halogens is 2. The molecule has 2 unspecified atom stereocenters. The van der Waals surface area contributed by atoms with Crippen LogP contribution in [0.15, 0.2) is 0 Å². The fourth-order valence-electron chi connectivity index (χ4n) is 2.19. The van der Waals surface area contributed by atoms with Gasteiger partial charge in [0.2, 0.25) is 0 Å². The van der Waals surface area contributed by atoms with Crippen LogP contribution in [0.25, 0.3) is 0 Å². The molecule has 0 N–H and O–H groups in total. The molecular weight excluding hydrogens is 402 g/mol. The van der Waals surface area contributed by atoms with Crippen molar-refractivity contribution in [3.63, 3.8) is 0 Å². The lowest BCUT2D eigenvalue weighted by molar-refractivity contribution is 0.884. The number of unbranched alkanes of at least 4 members (excludes halogenated alkanes) is 2. The lowest BCUT2D eigenvalue weighted by Crippen LogP contribution is -1.99. The predicted octanol–water partition coefficient (Wildman–Crippen LogP) is 7.48. The van der Waals surface area contributed by atoms with Gasteiger partial charge in [-0.3, -0.25) is 0 Å². The highest BCUT2D eigenvalue weighted by Gasteiger charge is 2.13. The summed E-state index contributed by atoms with van der Waals surface area (Å²) in [5.41, 5.74) is 0. The molecule has 120 valence electrons. The maximum Gasteiger partial charge on any atom is -0.0120 e. The largest absolute Gasteiger partial charge is 0.114 e. The summed E-state index contributed by atoms with van der Waals surface area (Å²) in [7, 11) is 0.789. The van der Waals surface area contributed by atoms with E-state index in [0.29, 0.717) is 15.8 Å². The van der Waals surface area contributed by atoms with E-state index in [1.165, 1.54) is 38.5 Å². The Morgan fingerprint density at radius 3 is 1.16 bits per heavy atom. The van der Waals surface area contributed by atoms with Crippen LogP contribution in [0.3, 0.4) is 0 Å². The molecule has 0 aliphatic rings. The van der Waals surface area contributed by atoms with Crippen LogP contribution in [0.2, 0.25) is 0 Å². The molecule has 2 atom stereocenters. The van der Waals surface area contributed by atoms with Crippen LogP contribution in [0, 0.1) is 0 Å². The first-order valence-electron chi connectivity index (χ1n) is 7.73. The molecule has 0 aliphatic heterocycles. The minimum absolute atomic E-state index is 0. The van der Waals surface area contributed by atoms with Crippen LogP contribution in [-0.4, -0.2) is 30.6 Å². The van der Waals surface area contributed by atoms with Gasteiger partial charge in [-0.05, 0) is 43.4 Å². The first-order valence-corrected chi connectivity index (χ1v) is 11.5. The van der Waals surface area contributed by atoms with Crippen molar-refractivity contribution in [2.75, 3.05) is 30.6 Å². The maximum absolute atomic E-state index is 2.37. The van der Waals surface area contributed by atoms with Gasteiger partial charge in [-0.2, -0.15) is 0 Å². The van der Waals surface area contributed by atoms with Crippen LogP contribution >= 0.6 is 49.8 Å². The van der Waals surface area contributed by atoms with Gasteiger partial charge in [0.1, 0.15) is 0 Å². The van der Waals surface area contributed by atoms with Gasteiger partial charge in [0.05, 0.1) is 0 Å². The Labute approximate surface area is 146 Å². The quantitative estimate of drug-likeness (QED) is 0.277. The van der Waals surface area contributed by atoms with Crippen molar-refractivity contribution in [3.8, 4) is 0 Å². The zero-order valence-electron chi connectivity index (χ0n) is 13.5. The molecule has 0 aromatic rings. The van der Waals surface area contributed by atoms with Gasteiger partial charge in [-0.1, -0.05) is 53.4 Å². The molecule has 0 fully saturated rings. The van der Waals surface area contributed by atoms with Crippen LogP contribution in [0.5, 0.6) is 0 Å². The minimum atomic E-state index is 0. The van der Waals surface area contributed by atoms with E-state index in [4.69, 9.17) is 0 Å². The monoisotopic (exact) mass is 436 g/mol. The van der Waals surface area contributed by atoms with Gasteiger partial charge in [-0.25, -0.2) is 0 Å². The molecule has 0 bridgehead atoms. The highest BCUT2D eigenvalue weighted by atomic mass is 79.9. The fourth-order valence-corrected chi connectivity index (χ4v) is 9.95. The third-order valence-corrected chi connectivity index (χ3v) is 10.4. The van der Waals surface area contributed by atoms with E-state index in [1.807, 2.05) is 0 Å². The first-order chi connectivity index (χ1) is 8.28. The summed E-state index contributed by atoms with van der Waals surface area (Å²) in [6.07, 6.45) is 14.8. The van der Waals surface area contributed by atoms with E-state index in [1.54, 1.807) is 30.6 Å². The SMILES string of the molecule is Br.Br.CCCCP(CCC)CP(CCC)CCCC. The summed E-state index contributed by atoms with van der Waals surface area (Å²) in [5, 5.41) is 0. The molecule has 4 heteroatoms. The zero-order chi connectivity index (χ0) is 12.9. The van der Waals surface area contributed by atoms with Crippen molar-refractivity contribution in [2.24, 2.45) is 0 Å². The summed E-state index contributed by atoms with van der Waals surface area (Å²) in [6, 6.07) is 0. The van der Waals surface area contributed by atoms with Crippen LogP contribution < -0.4 is 0 Å². The molecule has 0 heterocycles. The Balaban J connectivity index is -0.00000128. The average molecular weight is 438 g/mol. The Morgan fingerprint density at radius 2 is 0.895 bits per heavy atom. The van der Waals surface area contributed by atoms with Gasteiger partial charge < -0.3 is 0 Å². The lowest BCUT2D eigenvalue weighted by Gasteiger charge is -2.24. The van der Waals surface area contributed by atoms with E-state index < -0.39 is 0 Å². The predicted molar refractivity (Wildman–Crippen MR) is 109 cm³/mol. The van der Waals surface area contributed by atoms with Gasteiger partial charge >= 0.3 is 0 Å². The van der Waals surface area contributed by atoms with Gasteiger partial charge in [-0.15, -0.1) is 49.8 Å². The number of hydrogen-bond acceptors (Lipinski definition) is 0. The normalized spacial score (nSPS) is 13.3. The zero-order valence-corrected chi connectivity index (χ0v) is 18.7. The molecule has 19 heavy (non-hydrogen) atoms. The maximum atomic E-state index is 2.37. The molecule has 0 saturated carbocycles. The molecule has 0 amide bonds. The Kier molecular flexibility index (Phi) is 26.9. The summed E-state index contributed by atoms with van der Waals surface area (Å²) in [5.74, 6) is 1.65. The topological polar surface area (TPSA) is 0 Å². The molecule has 0 radical (unpaired) electrons. The van der Waals surface area contributed by atoms with E-state index >= 15 is 0 Å². The summed E-state index contributed by atoms with van der Waals surface area (Å²) >= 11 is 0. The van der Waals surface area contributed by atoms with Gasteiger partial charge in [0, 0.05) is 0 Å². The second-order valence-corrected chi connectivity index (χ2v) is 10.7. The third-order valence-electron chi connectivity index (χ3n) is 3.14. The smallest absolute Gasteiger partial charge is 0.0120 e. The average Bonchev–Trinajstić information content (AvgIpc) is 2.33. The van der Waals surface area contributed by atoms with E-state index in [-0.39, 0.29) is 34.0 Å².